The number of rotatable bonds is 12. The largest absolute Gasteiger partial charge is 0.481 e. The molecule has 5 heteroatoms. The van der Waals surface area contributed by atoms with E-state index in [1.807, 2.05) is 6.92 Å². The smallest absolute Gasteiger partial charge is 0.304 e. The number of carbonyl (C=O) groups excluding carboxylic acids is 1. The highest BCUT2D eigenvalue weighted by atomic mass is 16.4. The molecule has 0 aromatic carbocycles. The number of carboxylic acids is 1. The molecule has 0 spiro atoms. The highest BCUT2D eigenvalue weighted by Crippen LogP contribution is 2.07. The molecule has 0 aromatic rings. The molecular formula is C15H32N2O3. The highest BCUT2D eigenvalue weighted by Gasteiger charge is 1.94. The molecule has 0 rings (SSSR count). The number of hydrogen-bond donors (Lipinski definition) is 3. The molecule has 0 aromatic heterocycles. The second-order valence-electron chi connectivity index (χ2n) is 4.83. The third-order valence-electron chi connectivity index (χ3n) is 2.79. The number of carbonyl (C=O) groups is 2. The van der Waals surface area contributed by atoms with Crippen molar-refractivity contribution in [2.75, 3.05) is 13.1 Å². The van der Waals surface area contributed by atoms with Crippen LogP contribution in [0, 0.1) is 0 Å². The Hall–Kier alpha value is -1.10. The van der Waals surface area contributed by atoms with E-state index in [0.717, 1.165) is 19.4 Å². The first-order valence-corrected chi connectivity index (χ1v) is 7.75. The Labute approximate surface area is 123 Å². The lowest BCUT2D eigenvalue weighted by Gasteiger charge is -1.98. The number of carboxylic acid groups (broad SMARTS) is 1. The molecule has 0 radical (unpaired) electrons. The summed E-state index contributed by atoms with van der Waals surface area (Å²) in [5.74, 6) is -0.908. The van der Waals surface area contributed by atoms with Crippen molar-refractivity contribution in [3.63, 3.8) is 0 Å². The van der Waals surface area contributed by atoms with Crippen LogP contribution >= 0.6 is 0 Å². The van der Waals surface area contributed by atoms with Gasteiger partial charge in [-0.15, -0.1) is 0 Å². The Morgan fingerprint density at radius 1 is 0.950 bits per heavy atom. The standard InChI is InChI=1S/C10H21NO.C5H11NO2/c1-2-3-4-5-6-7-8-9-10(11)12;1-2-6-4-3-5(7)8/h2-9H2,1H3,(H2,11,12);6H,2-4H2,1H3,(H,7,8). The van der Waals surface area contributed by atoms with E-state index in [9.17, 15) is 9.59 Å². The first-order chi connectivity index (χ1) is 9.54. The van der Waals surface area contributed by atoms with Gasteiger partial charge in [0.25, 0.3) is 0 Å². The molecule has 0 aliphatic carbocycles. The number of primary amides is 1. The predicted molar refractivity (Wildman–Crippen MR) is 82.6 cm³/mol. The minimum Gasteiger partial charge on any atom is -0.481 e. The molecule has 0 aliphatic rings. The second kappa shape index (κ2) is 17.9. The van der Waals surface area contributed by atoms with Crippen molar-refractivity contribution in [3.05, 3.63) is 0 Å². The Morgan fingerprint density at radius 2 is 1.50 bits per heavy atom. The molecule has 0 saturated carbocycles. The molecule has 20 heavy (non-hydrogen) atoms. The van der Waals surface area contributed by atoms with Crippen molar-refractivity contribution in [2.45, 2.75) is 71.6 Å². The summed E-state index contributed by atoms with van der Waals surface area (Å²) in [6.07, 6.45) is 9.46. The van der Waals surface area contributed by atoms with Gasteiger partial charge in [0.2, 0.25) is 5.91 Å². The number of aliphatic carboxylic acids is 1. The normalized spacial score (nSPS) is 9.70. The van der Waals surface area contributed by atoms with E-state index >= 15 is 0 Å². The van der Waals surface area contributed by atoms with Gasteiger partial charge in [-0.25, -0.2) is 0 Å². The fourth-order valence-corrected chi connectivity index (χ4v) is 1.63. The van der Waals surface area contributed by atoms with Gasteiger partial charge in [0.1, 0.15) is 0 Å². The van der Waals surface area contributed by atoms with Gasteiger partial charge in [-0.1, -0.05) is 52.4 Å². The van der Waals surface area contributed by atoms with E-state index < -0.39 is 5.97 Å². The zero-order chi connectivity index (χ0) is 15.6. The SMILES string of the molecule is CCCCCCCCCC(N)=O.CCNCCC(=O)O. The van der Waals surface area contributed by atoms with Crippen LogP contribution in [0.1, 0.15) is 71.6 Å². The molecule has 0 atom stereocenters. The van der Waals surface area contributed by atoms with Gasteiger partial charge in [0.05, 0.1) is 6.42 Å². The van der Waals surface area contributed by atoms with Crippen LogP contribution in [0.4, 0.5) is 0 Å². The van der Waals surface area contributed by atoms with E-state index in [1.54, 1.807) is 0 Å². The Bertz CT molecular complexity index is 233. The van der Waals surface area contributed by atoms with Gasteiger partial charge in [0, 0.05) is 13.0 Å². The molecule has 0 unspecified atom stereocenters. The van der Waals surface area contributed by atoms with Crippen LogP contribution in [0.2, 0.25) is 0 Å². The first-order valence-electron chi connectivity index (χ1n) is 7.75. The molecule has 0 saturated heterocycles. The van der Waals surface area contributed by atoms with Crippen LogP contribution in [-0.2, 0) is 9.59 Å². The lowest BCUT2D eigenvalue weighted by atomic mass is 10.1. The maximum Gasteiger partial charge on any atom is 0.304 e. The van der Waals surface area contributed by atoms with Crippen molar-refractivity contribution in [1.29, 1.82) is 0 Å². The van der Waals surface area contributed by atoms with E-state index in [-0.39, 0.29) is 12.3 Å². The summed E-state index contributed by atoms with van der Waals surface area (Å²) in [4.78, 5) is 20.2. The Kier molecular flexibility index (Phi) is 19.0. The van der Waals surface area contributed by atoms with Gasteiger partial charge in [-0.05, 0) is 13.0 Å². The molecule has 120 valence electrons. The third-order valence-corrected chi connectivity index (χ3v) is 2.79. The van der Waals surface area contributed by atoms with Gasteiger partial charge in [-0.2, -0.15) is 0 Å². The average Bonchev–Trinajstić information content (AvgIpc) is 2.38. The fraction of sp³-hybridized carbons (Fsp3) is 0.867. The van der Waals surface area contributed by atoms with Crippen molar-refractivity contribution in [3.8, 4) is 0 Å². The number of unbranched alkanes of at least 4 members (excludes halogenated alkanes) is 6. The number of amides is 1. The predicted octanol–water partition coefficient (Wildman–Crippen LogP) is 2.68. The molecule has 4 N–H and O–H groups in total. The van der Waals surface area contributed by atoms with Crippen LogP contribution in [0.5, 0.6) is 0 Å². The summed E-state index contributed by atoms with van der Waals surface area (Å²) >= 11 is 0. The van der Waals surface area contributed by atoms with Gasteiger partial charge in [0.15, 0.2) is 0 Å². The zero-order valence-electron chi connectivity index (χ0n) is 13.1. The Morgan fingerprint density at radius 3 is 1.95 bits per heavy atom. The van der Waals surface area contributed by atoms with Crippen LogP contribution in [0.15, 0.2) is 0 Å². The van der Waals surface area contributed by atoms with Crippen LogP contribution in [-0.4, -0.2) is 30.1 Å². The van der Waals surface area contributed by atoms with Crippen molar-refractivity contribution in [2.24, 2.45) is 5.73 Å². The lowest BCUT2D eigenvalue weighted by Crippen LogP contribution is -2.16. The molecule has 0 fully saturated rings. The summed E-state index contributed by atoms with van der Waals surface area (Å²) in [6.45, 7) is 5.58. The van der Waals surface area contributed by atoms with Gasteiger partial charge < -0.3 is 16.2 Å². The minimum absolute atomic E-state index is 0.163. The minimum atomic E-state index is -0.744. The van der Waals surface area contributed by atoms with Crippen molar-refractivity contribution < 1.29 is 14.7 Å². The van der Waals surface area contributed by atoms with Crippen LogP contribution in [0.3, 0.4) is 0 Å². The van der Waals surface area contributed by atoms with E-state index in [1.165, 1.54) is 32.1 Å². The second-order valence-corrected chi connectivity index (χ2v) is 4.83. The summed E-state index contributed by atoms with van der Waals surface area (Å²) in [5.41, 5.74) is 5.02. The maximum atomic E-state index is 10.4. The first kappa shape index (κ1) is 21.2. The Balaban J connectivity index is 0. The molecule has 0 heterocycles. The van der Waals surface area contributed by atoms with Gasteiger partial charge in [-0.3, -0.25) is 9.59 Å². The van der Waals surface area contributed by atoms with E-state index in [0.29, 0.717) is 13.0 Å². The van der Waals surface area contributed by atoms with E-state index in [4.69, 9.17) is 10.8 Å². The van der Waals surface area contributed by atoms with Crippen LogP contribution in [0.25, 0.3) is 0 Å². The van der Waals surface area contributed by atoms with Crippen molar-refractivity contribution >= 4 is 11.9 Å². The monoisotopic (exact) mass is 288 g/mol. The molecule has 0 bridgehead atoms. The van der Waals surface area contributed by atoms with Crippen LogP contribution < -0.4 is 11.1 Å². The summed E-state index contributed by atoms with van der Waals surface area (Å²) < 4.78 is 0. The zero-order valence-corrected chi connectivity index (χ0v) is 13.1. The molecule has 0 aliphatic heterocycles. The summed E-state index contributed by atoms with van der Waals surface area (Å²) in [5, 5.41) is 11.0. The fourth-order valence-electron chi connectivity index (χ4n) is 1.63. The number of nitrogens with one attached hydrogen (secondary N) is 1. The van der Waals surface area contributed by atoms with Crippen molar-refractivity contribution in [1.82, 2.24) is 5.32 Å². The lowest BCUT2D eigenvalue weighted by molar-refractivity contribution is -0.136. The third kappa shape index (κ3) is 25.7. The molecule has 5 nitrogen and oxygen atoms in total. The quantitative estimate of drug-likeness (QED) is 0.481. The number of hydrogen-bond acceptors (Lipinski definition) is 3. The number of nitrogens with two attached hydrogens (primary N) is 1. The van der Waals surface area contributed by atoms with Gasteiger partial charge >= 0.3 is 5.97 Å². The summed E-state index contributed by atoms with van der Waals surface area (Å²) in [7, 11) is 0. The summed E-state index contributed by atoms with van der Waals surface area (Å²) in [6, 6.07) is 0. The molecular weight excluding hydrogens is 256 g/mol. The van der Waals surface area contributed by atoms with E-state index in [2.05, 4.69) is 12.2 Å². The average molecular weight is 288 g/mol. The maximum absolute atomic E-state index is 10.4. The molecule has 1 amide bonds. The topological polar surface area (TPSA) is 92.4 Å². The highest BCUT2D eigenvalue weighted by molar-refractivity contribution is 5.73.